The van der Waals surface area contributed by atoms with Crippen molar-refractivity contribution in [2.45, 2.75) is 52.2 Å². The van der Waals surface area contributed by atoms with Gasteiger partial charge in [0.2, 0.25) is 5.91 Å². The van der Waals surface area contributed by atoms with Gasteiger partial charge >= 0.3 is 0 Å². The Labute approximate surface area is 187 Å². The van der Waals surface area contributed by atoms with Crippen molar-refractivity contribution in [3.63, 3.8) is 0 Å². The molecule has 2 aromatic heterocycles. The number of aryl methyl sites for hydroxylation is 1. The molecule has 0 saturated carbocycles. The predicted molar refractivity (Wildman–Crippen MR) is 122 cm³/mol. The molecule has 1 N–H and O–H groups in total. The van der Waals surface area contributed by atoms with E-state index in [1.165, 1.54) is 4.52 Å². The number of nitrogens with zero attached hydrogens (tertiary/aromatic N) is 3. The highest BCUT2D eigenvalue weighted by Gasteiger charge is 2.20. The van der Waals surface area contributed by atoms with E-state index < -0.39 is 0 Å². The molecule has 1 aromatic carbocycles. The van der Waals surface area contributed by atoms with Crippen LogP contribution in [0.25, 0.3) is 16.9 Å². The van der Waals surface area contributed by atoms with E-state index in [0.29, 0.717) is 36.5 Å². The normalized spacial score (nSPS) is 15.9. The van der Waals surface area contributed by atoms with Crippen molar-refractivity contribution < 1.29 is 14.3 Å². The van der Waals surface area contributed by atoms with Crippen LogP contribution in [0.15, 0.2) is 35.1 Å². The number of carbonyl (C=O) groups excluding carboxylic acids is 1. The number of fused-ring (bicyclic) bond motifs is 1. The van der Waals surface area contributed by atoms with Gasteiger partial charge in [-0.15, -0.1) is 0 Å². The number of carbonyl (C=O) groups is 1. The van der Waals surface area contributed by atoms with E-state index in [4.69, 9.17) is 9.47 Å². The highest BCUT2D eigenvalue weighted by molar-refractivity contribution is 5.76. The van der Waals surface area contributed by atoms with Crippen molar-refractivity contribution in [1.29, 1.82) is 0 Å². The molecule has 0 unspecified atom stereocenters. The highest BCUT2D eigenvalue weighted by atomic mass is 16.5. The molecule has 1 saturated heterocycles. The van der Waals surface area contributed by atoms with Crippen LogP contribution in [0.5, 0.6) is 5.75 Å². The first-order chi connectivity index (χ1) is 15.5. The summed E-state index contributed by atoms with van der Waals surface area (Å²) >= 11 is 0. The molecule has 0 aliphatic carbocycles. The lowest BCUT2D eigenvalue weighted by molar-refractivity contribution is -0.121. The van der Waals surface area contributed by atoms with E-state index in [0.717, 1.165) is 36.4 Å². The van der Waals surface area contributed by atoms with Gasteiger partial charge in [0, 0.05) is 49.0 Å². The molecule has 1 atom stereocenters. The molecular formula is C24H30N4O4. The second-order valence-electron chi connectivity index (χ2n) is 8.05. The highest BCUT2D eigenvalue weighted by Crippen LogP contribution is 2.29. The minimum absolute atomic E-state index is 0.0716. The number of amides is 1. The molecule has 4 rings (SSSR count). The lowest BCUT2D eigenvalue weighted by Gasteiger charge is -2.15. The maximum Gasteiger partial charge on any atom is 0.277 e. The summed E-state index contributed by atoms with van der Waals surface area (Å²) in [5, 5.41) is 7.53. The van der Waals surface area contributed by atoms with Gasteiger partial charge in [-0.25, -0.2) is 0 Å². The molecule has 8 nitrogen and oxygen atoms in total. The fourth-order valence-electron chi connectivity index (χ4n) is 4.37. The molecule has 3 aromatic rings. The Balaban J connectivity index is 1.62. The summed E-state index contributed by atoms with van der Waals surface area (Å²) < 4.78 is 14.5. The molecule has 3 heterocycles. The second-order valence-corrected chi connectivity index (χ2v) is 8.05. The average molecular weight is 439 g/mol. The number of aromatic nitrogens is 3. The maximum atomic E-state index is 13.3. The van der Waals surface area contributed by atoms with Crippen LogP contribution >= 0.6 is 0 Å². The van der Waals surface area contributed by atoms with Crippen molar-refractivity contribution in [3.05, 3.63) is 51.9 Å². The zero-order chi connectivity index (χ0) is 22.7. The quantitative estimate of drug-likeness (QED) is 0.584. The second kappa shape index (κ2) is 9.56. The van der Waals surface area contributed by atoms with Crippen molar-refractivity contribution in [1.82, 2.24) is 19.5 Å². The lowest BCUT2D eigenvalue weighted by atomic mass is 10.1. The summed E-state index contributed by atoms with van der Waals surface area (Å²) in [4.78, 5) is 25.7. The molecule has 170 valence electrons. The van der Waals surface area contributed by atoms with E-state index in [1.54, 1.807) is 7.11 Å². The van der Waals surface area contributed by atoms with Crippen LogP contribution in [0.4, 0.5) is 0 Å². The fourth-order valence-corrected chi connectivity index (χ4v) is 4.37. The van der Waals surface area contributed by atoms with Crippen LogP contribution < -0.4 is 15.6 Å². The Bertz CT molecular complexity index is 1170. The van der Waals surface area contributed by atoms with E-state index in [2.05, 4.69) is 15.0 Å². The largest absolute Gasteiger partial charge is 0.496 e. The van der Waals surface area contributed by atoms with Gasteiger partial charge in [0.1, 0.15) is 11.4 Å². The van der Waals surface area contributed by atoms with E-state index in [9.17, 15) is 9.59 Å². The minimum Gasteiger partial charge on any atom is -0.496 e. The zero-order valence-electron chi connectivity index (χ0n) is 18.9. The molecule has 1 aliphatic rings. The Morgan fingerprint density at radius 3 is 2.88 bits per heavy atom. The van der Waals surface area contributed by atoms with Crippen molar-refractivity contribution in [2.24, 2.45) is 0 Å². The van der Waals surface area contributed by atoms with Crippen molar-refractivity contribution in [2.75, 3.05) is 20.3 Å². The van der Waals surface area contributed by atoms with Gasteiger partial charge in [-0.3, -0.25) is 9.59 Å². The average Bonchev–Trinajstić information content (AvgIpc) is 3.48. The maximum absolute atomic E-state index is 13.3. The molecule has 32 heavy (non-hydrogen) atoms. The van der Waals surface area contributed by atoms with Gasteiger partial charge in [0.15, 0.2) is 0 Å². The van der Waals surface area contributed by atoms with Crippen LogP contribution in [0.2, 0.25) is 0 Å². The third-order valence-corrected chi connectivity index (χ3v) is 6.11. The standard InChI is InChI=1S/C24H30N4O4/c1-4-27-16(2)18(11-12-22(29)25-15-17-8-7-13-32-17)24(30)28-23(27)14-20(26-28)19-9-5-6-10-21(19)31-3/h5-6,9-10,14,17H,4,7-8,11-13,15H2,1-3H3,(H,25,29)/t17-/m0/s1. The lowest BCUT2D eigenvalue weighted by Crippen LogP contribution is -2.33. The van der Waals surface area contributed by atoms with Crippen LogP contribution in [0.3, 0.4) is 0 Å². The number of hydrogen-bond acceptors (Lipinski definition) is 5. The monoisotopic (exact) mass is 438 g/mol. The smallest absolute Gasteiger partial charge is 0.277 e. The first-order valence-electron chi connectivity index (χ1n) is 11.2. The third kappa shape index (κ3) is 4.27. The summed E-state index contributed by atoms with van der Waals surface area (Å²) in [6.45, 7) is 5.94. The number of methoxy groups -OCH3 is 1. The van der Waals surface area contributed by atoms with Crippen molar-refractivity contribution >= 4 is 11.6 Å². The predicted octanol–water partition coefficient (Wildman–Crippen LogP) is 2.73. The van der Waals surface area contributed by atoms with Crippen LogP contribution in [0, 0.1) is 6.92 Å². The molecule has 8 heteroatoms. The topological polar surface area (TPSA) is 86.9 Å². The first-order valence-corrected chi connectivity index (χ1v) is 11.2. The number of ether oxygens (including phenoxy) is 2. The van der Waals surface area contributed by atoms with Gasteiger partial charge < -0.3 is 19.4 Å². The summed E-state index contributed by atoms with van der Waals surface area (Å²) in [5.41, 5.74) is 3.52. The molecule has 0 radical (unpaired) electrons. The minimum atomic E-state index is -0.185. The fraction of sp³-hybridized carbons (Fsp3) is 0.458. The van der Waals surface area contributed by atoms with Gasteiger partial charge in [-0.05, 0) is 45.2 Å². The Morgan fingerprint density at radius 1 is 1.34 bits per heavy atom. The molecule has 0 spiro atoms. The number of nitrogens with one attached hydrogen (secondary N) is 1. The van der Waals surface area contributed by atoms with Crippen LogP contribution in [-0.4, -0.2) is 46.5 Å². The third-order valence-electron chi connectivity index (χ3n) is 6.11. The van der Waals surface area contributed by atoms with Gasteiger partial charge in [-0.2, -0.15) is 9.61 Å². The van der Waals surface area contributed by atoms with Gasteiger partial charge in [0.05, 0.1) is 18.9 Å². The number of rotatable bonds is 8. The summed E-state index contributed by atoms with van der Waals surface area (Å²) in [5.74, 6) is 0.629. The van der Waals surface area contributed by atoms with E-state index in [1.807, 2.05) is 44.2 Å². The first kappa shape index (κ1) is 22.1. The Morgan fingerprint density at radius 2 is 2.16 bits per heavy atom. The summed E-state index contributed by atoms with van der Waals surface area (Å²) in [6, 6.07) is 9.52. The van der Waals surface area contributed by atoms with E-state index in [-0.39, 0.29) is 24.0 Å². The van der Waals surface area contributed by atoms with E-state index >= 15 is 0 Å². The Kier molecular flexibility index (Phi) is 6.60. The summed E-state index contributed by atoms with van der Waals surface area (Å²) in [7, 11) is 1.62. The molecule has 0 bridgehead atoms. The Hall–Kier alpha value is -3.13. The SMILES string of the molecule is CCn1c(C)c(CCC(=O)NC[C@@H]2CCCO2)c(=O)n2nc(-c3ccccc3OC)cc12. The number of hydrogen-bond donors (Lipinski definition) is 1. The summed E-state index contributed by atoms with van der Waals surface area (Å²) in [6.07, 6.45) is 2.73. The molecule has 1 fully saturated rings. The zero-order valence-corrected chi connectivity index (χ0v) is 18.9. The number of para-hydroxylation sites is 1. The number of benzene rings is 1. The molecule has 1 aliphatic heterocycles. The molecule has 1 amide bonds. The van der Waals surface area contributed by atoms with Gasteiger partial charge in [0.25, 0.3) is 5.56 Å². The van der Waals surface area contributed by atoms with Crippen LogP contribution in [0.1, 0.15) is 37.4 Å². The molecular weight excluding hydrogens is 408 g/mol. The van der Waals surface area contributed by atoms with Crippen molar-refractivity contribution in [3.8, 4) is 17.0 Å². The van der Waals surface area contributed by atoms with Crippen LogP contribution in [-0.2, 0) is 22.5 Å². The van der Waals surface area contributed by atoms with Gasteiger partial charge in [-0.1, -0.05) is 12.1 Å².